The molecule has 3 rings (SSSR count). The summed E-state index contributed by atoms with van der Waals surface area (Å²) >= 11 is 0. The van der Waals surface area contributed by atoms with E-state index in [0.29, 0.717) is 11.6 Å². The van der Waals surface area contributed by atoms with Gasteiger partial charge in [-0.25, -0.2) is 8.42 Å². The van der Waals surface area contributed by atoms with Gasteiger partial charge in [0.05, 0.1) is 11.5 Å². The van der Waals surface area contributed by atoms with Crippen molar-refractivity contribution in [1.82, 2.24) is 15.1 Å². The van der Waals surface area contributed by atoms with E-state index in [1.807, 2.05) is 0 Å². The smallest absolute Gasteiger partial charge is 0.274 e. The SMILES string of the molecule is C[C@H]1CCc2[nH]nc(C(=O)N3CCS(=O)(=O)CC3)c2C1. The molecule has 0 spiro atoms. The largest absolute Gasteiger partial charge is 0.335 e. The van der Waals surface area contributed by atoms with Crippen molar-refractivity contribution >= 4 is 15.7 Å². The molecule has 0 aromatic carbocycles. The Balaban J connectivity index is 1.80. The number of aromatic amines is 1. The van der Waals surface area contributed by atoms with Gasteiger partial charge in [0.2, 0.25) is 0 Å². The van der Waals surface area contributed by atoms with Crippen LogP contribution in [0, 0.1) is 5.92 Å². The van der Waals surface area contributed by atoms with Crippen molar-refractivity contribution in [3.05, 3.63) is 17.0 Å². The molecule has 0 saturated carbocycles. The number of carbonyl (C=O) groups excluding carboxylic acids is 1. The molecule has 20 heavy (non-hydrogen) atoms. The van der Waals surface area contributed by atoms with Crippen molar-refractivity contribution < 1.29 is 13.2 Å². The lowest BCUT2D eigenvalue weighted by atomic mass is 9.87. The Kier molecular flexibility index (Phi) is 3.32. The van der Waals surface area contributed by atoms with Crippen LogP contribution < -0.4 is 0 Å². The number of hydrogen-bond donors (Lipinski definition) is 1. The lowest BCUT2D eigenvalue weighted by Crippen LogP contribution is -2.44. The lowest BCUT2D eigenvalue weighted by molar-refractivity contribution is 0.0763. The Bertz CT molecular complexity index is 621. The Morgan fingerprint density at radius 2 is 2.05 bits per heavy atom. The summed E-state index contributed by atoms with van der Waals surface area (Å²) in [6.07, 6.45) is 2.93. The number of aromatic nitrogens is 2. The Labute approximate surface area is 118 Å². The average Bonchev–Trinajstić information content (AvgIpc) is 2.81. The summed E-state index contributed by atoms with van der Waals surface area (Å²) in [5, 5.41) is 7.15. The summed E-state index contributed by atoms with van der Waals surface area (Å²) in [6, 6.07) is 0. The van der Waals surface area contributed by atoms with Gasteiger partial charge in [0.15, 0.2) is 15.5 Å². The van der Waals surface area contributed by atoms with Gasteiger partial charge in [-0.1, -0.05) is 6.92 Å². The number of nitrogens with one attached hydrogen (secondary N) is 1. The molecule has 2 aliphatic rings. The Morgan fingerprint density at radius 1 is 1.35 bits per heavy atom. The molecule has 1 saturated heterocycles. The van der Waals surface area contributed by atoms with Gasteiger partial charge in [-0.15, -0.1) is 0 Å². The molecule has 1 atom stereocenters. The maximum atomic E-state index is 12.5. The zero-order chi connectivity index (χ0) is 14.3. The van der Waals surface area contributed by atoms with E-state index in [1.165, 1.54) is 0 Å². The zero-order valence-corrected chi connectivity index (χ0v) is 12.4. The van der Waals surface area contributed by atoms with E-state index >= 15 is 0 Å². The summed E-state index contributed by atoms with van der Waals surface area (Å²) in [6.45, 7) is 2.73. The lowest BCUT2D eigenvalue weighted by Gasteiger charge is -2.27. The van der Waals surface area contributed by atoms with Crippen LogP contribution in [0.5, 0.6) is 0 Å². The molecule has 1 aliphatic carbocycles. The van der Waals surface area contributed by atoms with Crippen LogP contribution in [-0.2, 0) is 22.7 Å². The highest BCUT2D eigenvalue weighted by Crippen LogP contribution is 2.27. The molecule has 0 radical (unpaired) electrons. The number of amides is 1. The minimum atomic E-state index is -2.97. The van der Waals surface area contributed by atoms with Crippen LogP contribution in [0.15, 0.2) is 0 Å². The van der Waals surface area contributed by atoms with Crippen molar-refractivity contribution in [2.45, 2.75) is 26.2 Å². The van der Waals surface area contributed by atoms with Crippen LogP contribution in [0.4, 0.5) is 0 Å². The first kappa shape index (κ1) is 13.6. The highest BCUT2D eigenvalue weighted by Gasteiger charge is 2.30. The molecule has 110 valence electrons. The third-order valence-corrected chi connectivity index (χ3v) is 5.84. The average molecular weight is 297 g/mol. The molecule has 7 heteroatoms. The number of aryl methyl sites for hydroxylation is 1. The maximum Gasteiger partial charge on any atom is 0.274 e. The maximum absolute atomic E-state index is 12.5. The van der Waals surface area contributed by atoms with E-state index in [4.69, 9.17) is 0 Å². The Hall–Kier alpha value is -1.37. The topological polar surface area (TPSA) is 83.1 Å². The van der Waals surface area contributed by atoms with E-state index in [1.54, 1.807) is 4.90 Å². The van der Waals surface area contributed by atoms with E-state index in [9.17, 15) is 13.2 Å². The first-order valence-electron chi connectivity index (χ1n) is 7.02. The zero-order valence-electron chi connectivity index (χ0n) is 11.6. The second-order valence-corrected chi connectivity index (χ2v) is 8.12. The monoisotopic (exact) mass is 297 g/mol. The van der Waals surface area contributed by atoms with Gasteiger partial charge in [-0.2, -0.15) is 5.10 Å². The van der Waals surface area contributed by atoms with Gasteiger partial charge in [0.1, 0.15) is 0 Å². The van der Waals surface area contributed by atoms with Gasteiger partial charge < -0.3 is 4.90 Å². The fourth-order valence-electron chi connectivity index (χ4n) is 2.91. The summed E-state index contributed by atoms with van der Waals surface area (Å²) in [5.41, 5.74) is 2.59. The normalized spacial score (nSPS) is 25.2. The predicted octanol–water partition coefficient (Wildman–Crippen LogP) is 0.405. The second-order valence-electron chi connectivity index (χ2n) is 5.82. The molecule has 1 aromatic heterocycles. The molecule has 1 aromatic rings. The molecular weight excluding hydrogens is 278 g/mol. The van der Waals surface area contributed by atoms with Crippen molar-refractivity contribution in [3.8, 4) is 0 Å². The summed E-state index contributed by atoms with van der Waals surface area (Å²) in [5.74, 6) is 0.545. The molecule has 1 N–H and O–H groups in total. The van der Waals surface area contributed by atoms with Gasteiger partial charge in [0.25, 0.3) is 5.91 Å². The summed E-state index contributed by atoms with van der Waals surface area (Å²) in [7, 11) is -2.97. The highest BCUT2D eigenvalue weighted by atomic mass is 32.2. The molecule has 1 fully saturated rings. The van der Waals surface area contributed by atoms with E-state index < -0.39 is 9.84 Å². The molecule has 0 bridgehead atoms. The fourth-order valence-corrected chi connectivity index (χ4v) is 4.11. The number of H-pyrrole nitrogens is 1. The fraction of sp³-hybridized carbons (Fsp3) is 0.692. The molecule has 6 nitrogen and oxygen atoms in total. The third kappa shape index (κ3) is 2.46. The van der Waals surface area contributed by atoms with Crippen molar-refractivity contribution in [2.75, 3.05) is 24.6 Å². The molecule has 0 unspecified atom stereocenters. The van der Waals surface area contributed by atoms with Gasteiger partial charge in [0, 0.05) is 24.3 Å². The van der Waals surface area contributed by atoms with E-state index in [2.05, 4.69) is 17.1 Å². The van der Waals surface area contributed by atoms with Crippen molar-refractivity contribution in [1.29, 1.82) is 0 Å². The van der Waals surface area contributed by atoms with Crippen LogP contribution in [0.25, 0.3) is 0 Å². The number of carbonyl (C=O) groups is 1. The van der Waals surface area contributed by atoms with Gasteiger partial charge in [-0.05, 0) is 25.2 Å². The number of nitrogens with zero attached hydrogens (tertiary/aromatic N) is 2. The van der Waals surface area contributed by atoms with Crippen molar-refractivity contribution in [2.24, 2.45) is 5.92 Å². The number of hydrogen-bond acceptors (Lipinski definition) is 4. The number of sulfone groups is 1. The quantitative estimate of drug-likeness (QED) is 0.813. The van der Waals surface area contributed by atoms with Crippen LogP contribution in [0.3, 0.4) is 0 Å². The van der Waals surface area contributed by atoms with Crippen molar-refractivity contribution in [3.63, 3.8) is 0 Å². The molecular formula is C13H19N3O3S. The second kappa shape index (κ2) is 4.87. The predicted molar refractivity (Wildman–Crippen MR) is 74.3 cm³/mol. The van der Waals surface area contributed by atoms with E-state index in [0.717, 1.165) is 30.5 Å². The standard InChI is InChI=1S/C13H19N3O3S/c1-9-2-3-11-10(8-9)12(15-14-11)13(17)16-4-6-20(18,19)7-5-16/h9H,2-8H2,1H3,(H,14,15)/t9-/m0/s1. The summed E-state index contributed by atoms with van der Waals surface area (Å²) in [4.78, 5) is 14.1. The van der Waals surface area contributed by atoms with Gasteiger partial charge >= 0.3 is 0 Å². The van der Waals surface area contributed by atoms with Crippen LogP contribution in [0.2, 0.25) is 0 Å². The van der Waals surface area contributed by atoms with Gasteiger partial charge in [-0.3, -0.25) is 9.89 Å². The summed E-state index contributed by atoms with van der Waals surface area (Å²) < 4.78 is 22.8. The highest BCUT2D eigenvalue weighted by molar-refractivity contribution is 7.91. The molecule has 2 heterocycles. The van der Waals surface area contributed by atoms with Crippen LogP contribution in [-0.4, -0.2) is 54.0 Å². The van der Waals surface area contributed by atoms with Crippen LogP contribution in [0.1, 0.15) is 35.1 Å². The first-order chi connectivity index (χ1) is 9.46. The first-order valence-corrected chi connectivity index (χ1v) is 8.84. The minimum absolute atomic E-state index is 0.0573. The molecule has 1 amide bonds. The van der Waals surface area contributed by atoms with Crippen LogP contribution >= 0.6 is 0 Å². The number of fused-ring (bicyclic) bond motifs is 1. The minimum Gasteiger partial charge on any atom is -0.335 e. The Morgan fingerprint density at radius 3 is 2.75 bits per heavy atom. The molecule has 1 aliphatic heterocycles. The number of rotatable bonds is 1. The van der Waals surface area contributed by atoms with E-state index in [-0.39, 0.29) is 30.5 Å². The third-order valence-electron chi connectivity index (χ3n) is 4.23.